The molecule has 0 spiro atoms. The van der Waals surface area contributed by atoms with Crippen molar-refractivity contribution >= 4 is 17.7 Å². The van der Waals surface area contributed by atoms with Crippen LogP contribution in [0, 0.1) is 0 Å². The van der Waals surface area contributed by atoms with E-state index in [1.807, 2.05) is 79.7 Å². The van der Waals surface area contributed by atoms with E-state index in [0.29, 0.717) is 79.5 Å². The Labute approximate surface area is 297 Å². The van der Waals surface area contributed by atoms with Crippen molar-refractivity contribution in [3.63, 3.8) is 0 Å². The van der Waals surface area contributed by atoms with Gasteiger partial charge in [0.25, 0.3) is 5.91 Å². The second-order valence-corrected chi connectivity index (χ2v) is 12.7. The van der Waals surface area contributed by atoms with Crippen molar-refractivity contribution in [1.29, 1.82) is 0 Å². The van der Waals surface area contributed by atoms with E-state index in [-0.39, 0.29) is 11.8 Å². The van der Waals surface area contributed by atoms with Gasteiger partial charge >= 0.3 is 0 Å². The summed E-state index contributed by atoms with van der Waals surface area (Å²) in [5, 5.41) is 9.35. The highest BCUT2D eigenvalue weighted by atomic mass is 16.5. The van der Waals surface area contributed by atoms with Gasteiger partial charge < -0.3 is 39.6 Å². The first-order valence-electron chi connectivity index (χ1n) is 17.5. The molecule has 0 bridgehead atoms. The fourth-order valence-electron chi connectivity index (χ4n) is 6.27. The van der Waals surface area contributed by atoms with Crippen LogP contribution in [-0.4, -0.2) is 56.0 Å². The Morgan fingerprint density at radius 1 is 0.647 bits per heavy atom. The summed E-state index contributed by atoms with van der Waals surface area (Å²) in [6, 6.07) is 26.3. The van der Waals surface area contributed by atoms with Crippen LogP contribution >= 0.6 is 0 Å². The molecule has 7 rings (SSSR count). The Balaban J connectivity index is 0.820. The summed E-state index contributed by atoms with van der Waals surface area (Å²) in [5.74, 6) is 2.18. The number of carbonyl (C=O) groups excluding carboxylic acids is 2. The van der Waals surface area contributed by atoms with Crippen LogP contribution in [0.3, 0.4) is 0 Å². The lowest BCUT2D eigenvalue weighted by molar-refractivity contribution is -0.123. The second-order valence-electron chi connectivity index (χ2n) is 12.7. The van der Waals surface area contributed by atoms with E-state index in [1.165, 1.54) is 0 Å². The summed E-state index contributed by atoms with van der Waals surface area (Å²) in [6.45, 7) is 5.92. The molecule has 51 heavy (non-hydrogen) atoms. The van der Waals surface area contributed by atoms with E-state index >= 15 is 0 Å². The average molecular weight is 691 g/mol. The fourth-order valence-corrected chi connectivity index (χ4v) is 6.27. The van der Waals surface area contributed by atoms with E-state index < -0.39 is 12.1 Å². The van der Waals surface area contributed by atoms with Crippen LogP contribution in [-0.2, 0) is 36.0 Å². The number of benzene rings is 4. The molecule has 264 valence electrons. The molecule has 11 heteroatoms. The lowest BCUT2D eigenvalue weighted by atomic mass is 10.1. The first-order chi connectivity index (χ1) is 25.0. The minimum atomic E-state index is -0.667. The number of nitrogens with zero attached hydrogens (tertiary/aromatic N) is 1. The summed E-state index contributed by atoms with van der Waals surface area (Å²) in [4.78, 5) is 30.7. The first kappa shape index (κ1) is 33.9. The van der Waals surface area contributed by atoms with Gasteiger partial charge in [0.05, 0.1) is 11.1 Å². The maximum absolute atomic E-state index is 13.1. The standard InChI is InChI=1S/C40H42N4O7/c1-26-35(44-40(51-26)32-15-7-17-34-37(32)50-25-30-13-5-3-11-28(30)23-48-34)39(46)43-21-9-19-41-18-8-20-42-38(45)31-14-6-16-33-36(31)49-24-29-12-4-2-10-27(29)22-47-33/h2-7,10-17,26,35,41H,8-9,18-25H2,1H3,(H,42,45)(H,43,46)/t26-,35+/m1/s1. The predicted molar refractivity (Wildman–Crippen MR) is 191 cm³/mol. The SMILES string of the molecule is C[C@H]1OC(c2cccc3c2OCc2ccccc2CO3)=N[C@@H]1C(=O)NCCCNCCCNC(=O)c1cccc2c1OCc1ccccc1CO2. The number of ether oxygens (including phenoxy) is 5. The highest BCUT2D eigenvalue weighted by molar-refractivity contribution is 6.01. The van der Waals surface area contributed by atoms with Crippen molar-refractivity contribution in [3.05, 3.63) is 118 Å². The van der Waals surface area contributed by atoms with Crippen LogP contribution in [0.15, 0.2) is 89.9 Å². The lowest BCUT2D eigenvalue weighted by Gasteiger charge is -2.21. The van der Waals surface area contributed by atoms with Crippen LogP contribution in [0.25, 0.3) is 0 Å². The van der Waals surface area contributed by atoms with Gasteiger partial charge in [0.1, 0.15) is 32.5 Å². The maximum atomic E-state index is 13.1. The van der Waals surface area contributed by atoms with Crippen LogP contribution in [0.4, 0.5) is 0 Å². The highest BCUT2D eigenvalue weighted by Gasteiger charge is 2.35. The minimum Gasteiger partial charge on any atom is -0.485 e. The third-order valence-electron chi connectivity index (χ3n) is 9.09. The van der Waals surface area contributed by atoms with Gasteiger partial charge in [-0.05, 0) is 79.4 Å². The second kappa shape index (κ2) is 16.0. The van der Waals surface area contributed by atoms with Gasteiger partial charge in [0.2, 0.25) is 11.8 Å². The minimum absolute atomic E-state index is 0.182. The molecule has 3 aliphatic heterocycles. The third-order valence-corrected chi connectivity index (χ3v) is 9.09. The molecular weight excluding hydrogens is 648 g/mol. The van der Waals surface area contributed by atoms with Gasteiger partial charge in [-0.15, -0.1) is 0 Å². The van der Waals surface area contributed by atoms with Crippen LogP contribution in [0.5, 0.6) is 23.0 Å². The largest absolute Gasteiger partial charge is 0.485 e. The molecule has 0 radical (unpaired) electrons. The number of hydrogen-bond acceptors (Lipinski definition) is 9. The molecule has 4 aromatic rings. The molecule has 2 amide bonds. The highest BCUT2D eigenvalue weighted by Crippen LogP contribution is 2.37. The maximum Gasteiger partial charge on any atom is 0.255 e. The van der Waals surface area contributed by atoms with Gasteiger partial charge in [-0.2, -0.15) is 0 Å². The van der Waals surface area contributed by atoms with Crippen molar-refractivity contribution in [2.75, 3.05) is 26.2 Å². The van der Waals surface area contributed by atoms with Gasteiger partial charge in [-0.1, -0.05) is 60.7 Å². The van der Waals surface area contributed by atoms with Crippen LogP contribution in [0.1, 0.15) is 57.9 Å². The summed E-state index contributed by atoms with van der Waals surface area (Å²) in [7, 11) is 0. The normalized spacial score (nSPS) is 17.2. The van der Waals surface area contributed by atoms with E-state index in [2.05, 4.69) is 20.9 Å². The monoisotopic (exact) mass is 690 g/mol. The fraction of sp³-hybridized carbons (Fsp3) is 0.325. The zero-order valence-corrected chi connectivity index (χ0v) is 28.6. The van der Waals surface area contributed by atoms with E-state index in [0.717, 1.165) is 48.2 Å². The van der Waals surface area contributed by atoms with Crippen molar-refractivity contribution in [2.24, 2.45) is 4.99 Å². The van der Waals surface area contributed by atoms with Crippen molar-refractivity contribution in [1.82, 2.24) is 16.0 Å². The predicted octanol–water partition coefficient (Wildman–Crippen LogP) is 5.08. The van der Waals surface area contributed by atoms with Crippen LogP contribution in [0.2, 0.25) is 0 Å². The zero-order valence-electron chi connectivity index (χ0n) is 28.6. The molecule has 3 heterocycles. The molecule has 0 aromatic heterocycles. The van der Waals surface area contributed by atoms with Gasteiger partial charge in [0.15, 0.2) is 29.0 Å². The summed E-state index contributed by atoms with van der Waals surface area (Å²) in [5.41, 5.74) is 5.37. The average Bonchev–Trinajstić information content (AvgIpc) is 3.53. The van der Waals surface area contributed by atoms with Crippen molar-refractivity contribution in [3.8, 4) is 23.0 Å². The Morgan fingerprint density at radius 2 is 1.20 bits per heavy atom. The van der Waals surface area contributed by atoms with Crippen molar-refractivity contribution in [2.45, 2.75) is 58.3 Å². The van der Waals surface area contributed by atoms with E-state index in [9.17, 15) is 9.59 Å². The Hall–Kier alpha value is -5.55. The summed E-state index contributed by atoms with van der Waals surface area (Å²) >= 11 is 0. The Kier molecular flexibility index (Phi) is 10.6. The molecule has 2 atom stereocenters. The van der Waals surface area contributed by atoms with Crippen molar-refractivity contribution < 1.29 is 33.3 Å². The molecule has 0 fully saturated rings. The number of amides is 2. The molecule has 3 aliphatic rings. The van der Waals surface area contributed by atoms with Gasteiger partial charge in [0, 0.05) is 13.1 Å². The first-order valence-corrected chi connectivity index (χ1v) is 17.5. The smallest absolute Gasteiger partial charge is 0.255 e. The summed E-state index contributed by atoms with van der Waals surface area (Å²) < 4.78 is 30.4. The molecular formula is C40H42N4O7. The molecule has 3 N–H and O–H groups in total. The van der Waals surface area contributed by atoms with E-state index in [1.54, 1.807) is 12.1 Å². The topological polar surface area (TPSA) is 129 Å². The quantitative estimate of drug-likeness (QED) is 0.186. The molecule has 0 saturated heterocycles. The Morgan fingerprint density at radius 3 is 1.84 bits per heavy atom. The molecule has 0 unspecified atom stereocenters. The Bertz CT molecular complexity index is 1910. The number of hydrogen-bond donors (Lipinski definition) is 3. The lowest BCUT2D eigenvalue weighted by Crippen LogP contribution is -2.39. The third kappa shape index (κ3) is 7.94. The number of fused-ring (bicyclic) bond motifs is 4. The van der Waals surface area contributed by atoms with Gasteiger partial charge in [-0.3, -0.25) is 9.59 Å². The number of carbonyl (C=O) groups is 2. The number of nitrogens with one attached hydrogen (secondary N) is 3. The molecule has 0 saturated carbocycles. The molecule has 4 aromatic carbocycles. The zero-order chi connectivity index (χ0) is 35.0. The number of para-hydroxylation sites is 2. The molecule has 11 nitrogen and oxygen atoms in total. The van der Waals surface area contributed by atoms with E-state index in [4.69, 9.17) is 23.7 Å². The molecule has 0 aliphatic carbocycles. The number of aliphatic imine (C=N–C) groups is 1. The summed E-state index contributed by atoms with van der Waals surface area (Å²) in [6.07, 6.45) is 1.06. The van der Waals surface area contributed by atoms with Gasteiger partial charge in [-0.25, -0.2) is 4.99 Å². The van der Waals surface area contributed by atoms with Crippen LogP contribution < -0.4 is 34.9 Å². The number of rotatable bonds is 11.